The van der Waals surface area contributed by atoms with E-state index in [1.807, 2.05) is 49.3 Å². The Kier molecular flexibility index (Phi) is 10.9. The van der Waals surface area contributed by atoms with Gasteiger partial charge in [0.05, 0.1) is 16.6 Å². The fourth-order valence-electron chi connectivity index (χ4n) is 5.04. The Morgan fingerprint density at radius 1 is 0.957 bits per heavy atom. The smallest absolute Gasteiger partial charge is 0.346 e. The lowest BCUT2D eigenvalue weighted by molar-refractivity contribution is -0.136. The minimum Gasteiger partial charge on any atom is -0.411 e. The largest absolute Gasteiger partial charge is 0.411 e. The number of hydrazine groups is 1. The number of amides is 3. The number of nitrogens with one attached hydrogen (secondary N) is 2. The molecule has 2 heterocycles. The first kappa shape index (κ1) is 33.8. The predicted octanol–water partition coefficient (Wildman–Crippen LogP) is 3.48. The van der Waals surface area contributed by atoms with Crippen molar-refractivity contribution in [3.05, 3.63) is 94.4 Å². The average Bonchev–Trinajstić information content (AvgIpc) is 3.04. The van der Waals surface area contributed by atoms with Crippen molar-refractivity contribution in [2.75, 3.05) is 44.1 Å². The van der Waals surface area contributed by atoms with Crippen molar-refractivity contribution < 1.29 is 18.8 Å². The molecule has 3 amide bonds. The molecule has 12 heteroatoms. The van der Waals surface area contributed by atoms with Crippen LogP contribution in [0.25, 0.3) is 10.9 Å². The third kappa shape index (κ3) is 8.13. The van der Waals surface area contributed by atoms with Gasteiger partial charge in [0.25, 0.3) is 5.91 Å². The predicted molar refractivity (Wildman–Crippen MR) is 178 cm³/mol. The number of aromatic nitrogens is 2. The number of hydrogen-bond acceptors (Lipinski definition) is 9. The molecule has 4 rings (SSSR count). The van der Waals surface area contributed by atoms with Crippen molar-refractivity contribution in [2.45, 2.75) is 45.6 Å². The first-order chi connectivity index (χ1) is 21.9. The van der Waals surface area contributed by atoms with Gasteiger partial charge >= 0.3 is 5.63 Å². The van der Waals surface area contributed by atoms with Crippen LogP contribution in [0.4, 0.5) is 11.4 Å². The van der Waals surface area contributed by atoms with Crippen molar-refractivity contribution in [3.63, 3.8) is 0 Å². The molecule has 0 aliphatic carbocycles. The molecule has 0 aliphatic rings. The zero-order chi connectivity index (χ0) is 33.4. The van der Waals surface area contributed by atoms with Crippen LogP contribution in [0.1, 0.15) is 48.3 Å². The van der Waals surface area contributed by atoms with Crippen molar-refractivity contribution in [3.8, 4) is 0 Å². The van der Waals surface area contributed by atoms with Gasteiger partial charge in [-0.3, -0.25) is 19.4 Å². The summed E-state index contributed by atoms with van der Waals surface area (Å²) < 4.78 is 5.01. The van der Waals surface area contributed by atoms with Crippen LogP contribution < -0.4 is 26.3 Å². The van der Waals surface area contributed by atoms with Crippen LogP contribution in [-0.4, -0.2) is 72.4 Å². The van der Waals surface area contributed by atoms with Gasteiger partial charge in [-0.25, -0.2) is 20.2 Å². The van der Waals surface area contributed by atoms with Gasteiger partial charge in [0.2, 0.25) is 11.8 Å². The number of hydrogen-bond donors (Lipinski definition) is 2. The summed E-state index contributed by atoms with van der Waals surface area (Å²) in [6, 6.07) is 16.2. The third-order valence-electron chi connectivity index (χ3n) is 7.66. The summed E-state index contributed by atoms with van der Waals surface area (Å²) >= 11 is 0. The van der Waals surface area contributed by atoms with Gasteiger partial charge in [-0.05, 0) is 81.3 Å². The van der Waals surface area contributed by atoms with Crippen LogP contribution in [-0.2, 0) is 16.0 Å². The normalized spacial score (nSPS) is 11.3. The van der Waals surface area contributed by atoms with E-state index in [0.29, 0.717) is 41.7 Å². The maximum absolute atomic E-state index is 13.8. The molecule has 0 radical (unpaired) electrons. The molecule has 4 aromatic rings. The minimum atomic E-state index is -1.22. The Hall–Kier alpha value is -5.10. The number of carbonyl (C=O) groups excluding carboxylic acids is 3. The fraction of sp³-hybridized carbons (Fsp3) is 0.353. The summed E-state index contributed by atoms with van der Waals surface area (Å²) in [6.07, 6.45) is 3.75. The first-order valence-corrected chi connectivity index (χ1v) is 15.1. The highest BCUT2D eigenvalue weighted by molar-refractivity contribution is 5.98. The molecule has 0 aliphatic heterocycles. The van der Waals surface area contributed by atoms with Crippen molar-refractivity contribution in [1.82, 2.24) is 25.6 Å². The molecule has 0 spiro atoms. The Bertz CT molecular complexity index is 1740. The molecule has 46 heavy (non-hydrogen) atoms. The Morgan fingerprint density at radius 2 is 1.70 bits per heavy atom. The molecule has 242 valence electrons. The highest BCUT2D eigenvalue weighted by atomic mass is 16.4. The summed E-state index contributed by atoms with van der Waals surface area (Å²) in [4.78, 5) is 64.7. The van der Waals surface area contributed by atoms with E-state index in [0.717, 1.165) is 17.8 Å². The molecule has 0 atom stereocenters. The number of rotatable bonds is 13. The SMILES string of the molecule is Cc1c(N(NC(C)(C)C(=O)N(C)CCc2ccccn2)C(=O)CCCNC(=O)c2ccc(N(C)C)cc2)ccc2ncoc(=O)c12. The van der Waals surface area contributed by atoms with Gasteiger partial charge in [-0.1, -0.05) is 6.07 Å². The minimum absolute atomic E-state index is 0.0474. The number of pyridine rings is 1. The molecule has 2 N–H and O–H groups in total. The van der Waals surface area contributed by atoms with Gasteiger partial charge in [0.15, 0.2) is 6.39 Å². The van der Waals surface area contributed by atoms with Gasteiger partial charge in [0.1, 0.15) is 5.54 Å². The molecule has 2 aromatic heterocycles. The number of carbonyl (C=O) groups is 3. The second-order valence-corrected chi connectivity index (χ2v) is 11.8. The fourth-order valence-corrected chi connectivity index (χ4v) is 5.04. The zero-order valence-corrected chi connectivity index (χ0v) is 27.2. The van der Waals surface area contributed by atoms with E-state index in [-0.39, 0.29) is 36.1 Å². The summed E-state index contributed by atoms with van der Waals surface area (Å²) in [5.41, 5.74) is 4.99. The Labute approximate surface area is 268 Å². The second kappa shape index (κ2) is 14.8. The Balaban J connectivity index is 1.50. The van der Waals surface area contributed by atoms with Crippen molar-refractivity contribution >= 4 is 40.0 Å². The van der Waals surface area contributed by atoms with E-state index in [9.17, 15) is 19.2 Å². The lowest BCUT2D eigenvalue weighted by Crippen LogP contribution is -2.61. The number of likely N-dealkylation sites (N-methyl/N-ethyl adjacent to an activating group) is 1. The average molecular weight is 628 g/mol. The van der Waals surface area contributed by atoms with Crippen LogP contribution in [0, 0.1) is 6.92 Å². The van der Waals surface area contributed by atoms with Crippen molar-refractivity contribution in [1.29, 1.82) is 0 Å². The van der Waals surface area contributed by atoms with E-state index in [1.54, 1.807) is 63.2 Å². The first-order valence-electron chi connectivity index (χ1n) is 15.1. The summed E-state index contributed by atoms with van der Waals surface area (Å²) in [7, 11) is 5.55. The van der Waals surface area contributed by atoms with E-state index in [2.05, 4.69) is 20.7 Å². The molecule has 0 saturated carbocycles. The zero-order valence-electron chi connectivity index (χ0n) is 27.2. The maximum atomic E-state index is 13.8. The van der Waals surface area contributed by atoms with E-state index >= 15 is 0 Å². The molecule has 0 bridgehead atoms. The van der Waals surface area contributed by atoms with Gasteiger partial charge in [0, 0.05) is 70.2 Å². The summed E-state index contributed by atoms with van der Waals surface area (Å²) in [5, 5.41) is 4.41. The number of benzene rings is 2. The van der Waals surface area contributed by atoms with E-state index in [1.165, 1.54) is 5.01 Å². The molecule has 0 unspecified atom stereocenters. The molecule has 12 nitrogen and oxygen atoms in total. The number of fused-ring (bicyclic) bond motifs is 1. The highest BCUT2D eigenvalue weighted by Crippen LogP contribution is 2.27. The summed E-state index contributed by atoms with van der Waals surface area (Å²) in [5.74, 6) is -0.830. The lowest BCUT2D eigenvalue weighted by atomic mass is 10.0. The van der Waals surface area contributed by atoms with Gasteiger partial charge in [-0.15, -0.1) is 0 Å². The number of anilines is 2. The van der Waals surface area contributed by atoms with Crippen LogP contribution >= 0.6 is 0 Å². The van der Waals surface area contributed by atoms with E-state index < -0.39 is 11.2 Å². The van der Waals surface area contributed by atoms with Crippen LogP contribution in [0.5, 0.6) is 0 Å². The van der Waals surface area contributed by atoms with Crippen molar-refractivity contribution in [2.24, 2.45) is 0 Å². The second-order valence-electron chi connectivity index (χ2n) is 11.8. The number of aryl methyl sites for hydroxylation is 1. The summed E-state index contributed by atoms with van der Waals surface area (Å²) in [6.45, 7) is 5.78. The monoisotopic (exact) mass is 627 g/mol. The maximum Gasteiger partial charge on any atom is 0.346 e. The van der Waals surface area contributed by atoms with Gasteiger partial charge in [-0.2, -0.15) is 0 Å². The molecule has 0 saturated heterocycles. The van der Waals surface area contributed by atoms with Crippen LogP contribution in [0.3, 0.4) is 0 Å². The quantitative estimate of drug-likeness (QED) is 0.168. The third-order valence-corrected chi connectivity index (χ3v) is 7.66. The number of nitrogens with zero attached hydrogens (tertiary/aromatic N) is 5. The van der Waals surface area contributed by atoms with E-state index in [4.69, 9.17) is 4.42 Å². The highest BCUT2D eigenvalue weighted by Gasteiger charge is 2.35. The molecule has 2 aromatic carbocycles. The Morgan fingerprint density at radius 3 is 2.37 bits per heavy atom. The molecular weight excluding hydrogens is 586 g/mol. The molecule has 0 fully saturated rings. The van der Waals surface area contributed by atoms with Crippen LogP contribution in [0.2, 0.25) is 0 Å². The van der Waals surface area contributed by atoms with Crippen LogP contribution in [0.15, 0.2) is 76.4 Å². The standard InChI is InChI=1S/C34H41N7O5/c1-23-28(17-16-27-30(23)32(44)46-22-37-27)41(38-34(2,3)33(45)40(6)21-18-25-10-7-8-19-35-25)29(42)11-9-20-36-31(43)24-12-14-26(15-13-24)39(4)5/h7-8,10,12-17,19,22,38H,9,11,18,20-21H2,1-6H3,(H,36,43). The topological polar surface area (TPSA) is 141 Å². The lowest BCUT2D eigenvalue weighted by Gasteiger charge is -2.36. The van der Waals surface area contributed by atoms with Gasteiger partial charge < -0.3 is 19.5 Å². The molecular formula is C34H41N7O5.